The Labute approximate surface area is 269 Å². The van der Waals surface area contributed by atoms with Crippen LogP contribution < -0.4 is 4.57 Å². The second-order valence-corrected chi connectivity index (χ2v) is 13.0. The summed E-state index contributed by atoms with van der Waals surface area (Å²) in [7, 11) is 0. The van der Waals surface area contributed by atoms with Gasteiger partial charge in [-0.3, -0.25) is 0 Å². The quantitative estimate of drug-likeness (QED) is 0.0675. The van der Waals surface area contributed by atoms with Gasteiger partial charge in [0.05, 0.1) is 19.8 Å². The van der Waals surface area contributed by atoms with Crippen molar-refractivity contribution in [3.05, 3.63) is 78.0 Å². The maximum Gasteiger partial charge on any atom is 0.212 e. The molecule has 0 spiro atoms. The van der Waals surface area contributed by atoms with E-state index < -0.39 is 0 Å². The molecule has 4 heteroatoms. The fourth-order valence-electron chi connectivity index (χ4n) is 5.78. The van der Waals surface area contributed by atoms with Gasteiger partial charge in [0.25, 0.3) is 0 Å². The zero-order chi connectivity index (χ0) is 31.1. The average Bonchev–Trinajstić information content (AvgIpc) is 3.04. The van der Waals surface area contributed by atoms with E-state index in [1.54, 1.807) is 0 Å². The first-order chi connectivity index (χ1) is 21.7. The predicted octanol–water partition coefficient (Wildman–Crippen LogP) is 10.2. The number of hydrogen-bond acceptors (Lipinski definition) is 3. The molecule has 4 nitrogen and oxygen atoms in total. The Morgan fingerprint density at radius 2 is 1.16 bits per heavy atom. The summed E-state index contributed by atoms with van der Waals surface area (Å²) in [6.07, 6.45) is 21.4. The maximum atomic E-state index is 6.25. The molecule has 0 amide bonds. The number of aromatic nitrogens is 1. The minimum Gasteiger partial charge on any atom is -0.379 e. The summed E-state index contributed by atoms with van der Waals surface area (Å²) in [6.45, 7) is 10.7. The lowest BCUT2D eigenvalue weighted by atomic mass is 10.0. The Bertz CT molecular complexity index is 1130. The van der Waals surface area contributed by atoms with Gasteiger partial charge in [-0.05, 0) is 30.0 Å². The first-order valence-electron chi connectivity index (χ1n) is 17.9. The molecule has 0 fully saturated rings. The molecule has 0 saturated carbocycles. The van der Waals surface area contributed by atoms with E-state index in [1.807, 2.05) is 0 Å². The molecule has 3 rings (SSSR count). The van der Waals surface area contributed by atoms with Gasteiger partial charge in [0.1, 0.15) is 6.10 Å². The molecular formula is C40H62NO3+. The lowest BCUT2D eigenvalue weighted by Gasteiger charge is -2.20. The van der Waals surface area contributed by atoms with Gasteiger partial charge in [0, 0.05) is 36.3 Å². The molecule has 0 radical (unpaired) electrons. The highest BCUT2D eigenvalue weighted by molar-refractivity contribution is 5.74. The first kappa shape index (κ1) is 36.2. The Morgan fingerprint density at radius 1 is 0.591 bits per heavy atom. The lowest BCUT2D eigenvalue weighted by Crippen LogP contribution is -2.35. The molecule has 1 unspecified atom stereocenters. The molecule has 0 aliphatic rings. The van der Waals surface area contributed by atoms with Crippen LogP contribution in [0.4, 0.5) is 0 Å². The van der Waals surface area contributed by atoms with E-state index in [4.69, 9.17) is 14.2 Å². The summed E-state index contributed by atoms with van der Waals surface area (Å²) in [5.41, 5.74) is 3.74. The molecule has 44 heavy (non-hydrogen) atoms. The zero-order valence-corrected chi connectivity index (χ0v) is 28.3. The highest BCUT2D eigenvalue weighted by Gasteiger charge is 2.14. The van der Waals surface area contributed by atoms with Crippen molar-refractivity contribution in [3.8, 4) is 0 Å². The third kappa shape index (κ3) is 15.1. The smallest absolute Gasteiger partial charge is 0.212 e. The molecule has 244 valence electrons. The summed E-state index contributed by atoms with van der Waals surface area (Å²) in [6, 6.07) is 21.4. The molecule has 0 aliphatic carbocycles. The predicted molar refractivity (Wildman–Crippen MR) is 185 cm³/mol. The largest absolute Gasteiger partial charge is 0.379 e. The van der Waals surface area contributed by atoms with Gasteiger partial charge >= 0.3 is 0 Å². The molecule has 1 heterocycles. The van der Waals surface area contributed by atoms with E-state index in [2.05, 4.69) is 92.2 Å². The van der Waals surface area contributed by atoms with E-state index in [-0.39, 0.29) is 6.10 Å². The van der Waals surface area contributed by atoms with Gasteiger partial charge in [-0.2, -0.15) is 4.57 Å². The van der Waals surface area contributed by atoms with Crippen LogP contribution in [0.25, 0.3) is 10.9 Å². The molecule has 0 bridgehead atoms. The molecule has 1 atom stereocenters. The van der Waals surface area contributed by atoms with Crippen molar-refractivity contribution in [2.24, 2.45) is 5.92 Å². The van der Waals surface area contributed by atoms with Crippen molar-refractivity contribution in [1.29, 1.82) is 0 Å². The molecule has 0 N–H and O–H groups in total. The number of hydrogen-bond donors (Lipinski definition) is 0. The van der Waals surface area contributed by atoms with Crippen molar-refractivity contribution in [2.75, 3.05) is 26.4 Å². The molecular weight excluding hydrogens is 542 g/mol. The fourth-order valence-corrected chi connectivity index (χ4v) is 5.78. The minimum absolute atomic E-state index is 0.0383. The van der Waals surface area contributed by atoms with Crippen molar-refractivity contribution in [1.82, 2.24) is 0 Å². The average molecular weight is 605 g/mol. The summed E-state index contributed by atoms with van der Waals surface area (Å²) in [5.74, 6) is 0.488. The Hall–Kier alpha value is -2.27. The van der Waals surface area contributed by atoms with Crippen molar-refractivity contribution in [3.63, 3.8) is 0 Å². The van der Waals surface area contributed by atoms with Crippen LogP contribution in [0.15, 0.2) is 66.9 Å². The SMILES string of the molecule is CCCCCCCCCCCCCCCCOCC(COCc1ccccc1C[n+]1cccc2ccccc21)OCC(C)C. The standard InChI is InChI=1S/C40H62NO3/c1-4-5-6-7-8-9-10-11-12-13-14-15-16-21-29-42-33-39(44-31-35(2)3)34-43-32-38-25-18-17-24-37(38)30-41-28-22-26-36-23-19-20-27-40(36)41/h17-20,22-28,35,39H,4-16,21,29-34H2,1-3H3/q+1. The number of ether oxygens (including phenoxy) is 3. The number of benzene rings is 2. The van der Waals surface area contributed by atoms with E-state index in [1.165, 1.54) is 106 Å². The summed E-state index contributed by atoms with van der Waals surface area (Å²) in [5, 5.41) is 1.25. The Balaban J connectivity index is 1.30. The van der Waals surface area contributed by atoms with Gasteiger partial charge in [0.2, 0.25) is 5.52 Å². The number of pyridine rings is 1. The van der Waals surface area contributed by atoms with E-state index in [0.29, 0.717) is 25.7 Å². The van der Waals surface area contributed by atoms with Crippen molar-refractivity contribution >= 4 is 10.9 Å². The van der Waals surface area contributed by atoms with E-state index in [9.17, 15) is 0 Å². The number of unbranched alkanes of at least 4 members (excludes halogenated alkanes) is 13. The van der Waals surface area contributed by atoms with Crippen LogP contribution in [0, 0.1) is 5.92 Å². The monoisotopic (exact) mass is 604 g/mol. The Morgan fingerprint density at radius 3 is 1.84 bits per heavy atom. The van der Waals surface area contributed by atoms with Gasteiger partial charge < -0.3 is 14.2 Å². The summed E-state index contributed by atoms with van der Waals surface area (Å²) >= 11 is 0. The van der Waals surface area contributed by atoms with Gasteiger partial charge in [-0.15, -0.1) is 0 Å². The normalized spacial score (nSPS) is 12.4. The number of fused-ring (bicyclic) bond motifs is 1. The van der Waals surface area contributed by atoms with Crippen LogP contribution in [0.3, 0.4) is 0 Å². The maximum absolute atomic E-state index is 6.25. The molecule has 2 aromatic carbocycles. The van der Waals surface area contributed by atoms with Crippen LogP contribution in [0.5, 0.6) is 0 Å². The molecule has 3 aromatic rings. The number of para-hydroxylation sites is 1. The second kappa shape index (κ2) is 23.1. The third-order valence-corrected chi connectivity index (χ3v) is 8.42. The first-order valence-corrected chi connectivity index (χ1v) is 17.9. The van der Waals surface area contributed by atoms with E-state index >= 15 is 0 Å². The number of rotatable bonds is 26. The zero-order valence-electron chi connectivity index (χ0n) is 28.3. The van der Waals surface area contributed by atoms with E-state index in [0.717, 1.165) is 26.2 Å². The van der Waals surface area contributed by atoms with Gasteiger partial charge in [0.15, 0.2) is 12.7 Å². The lowest BCUT2D eigenvalue weighted by molar-refractivity contribution is -0.662. The van der Waals surface area contributed by atoms with Crippen molar-refractivity contribution in [2.45, 2.75) is 130 Å². The van der Waals surface area contributed by atoms with Crippen LogP contribution in [-0.4, -0.2) is 32.5 Å². The second-order valence-electron chi connectivity index (χ2n) is 13.0. The highest BCUT2D eigenvalue weighted by atomic mass is 16.6. The highest BCUT2D eigenvalue weighted by Crippen LogP contribution is 2.15. The van der Waals surface area contributed by atoms with Crippen LogP contribution >= 0.6 is 0 Å². The summed E-state index contributed by atoms with van der Waals surface area (Å²) < 4.78 is 20.8. The van der Waals surface area contributed by atoms with Gasteiger partial charge in [-0.25, -0.2) is 0 Å². The number of nitrogens with zero attached hydrogens (tertiary/aromatic N) is 1. The van der Waals surface area contributed by atoms with Crippen molar-refractivity contribution < 1.29 is 18.8 Å². The molecule has 0 saturated heterocycles. The topological polar surface area (TPSA) is 31.6 Å². The minimum atomic E-state index is -0.0383. The van der Waals surface area contributed by atoms with Crippen LogP contribution in [-0.2, 0) is 27.4 Å². The Kier molecular flexibility index (Phi) is 19.0. The summed E-state index contributed by atoms with van der Waals surface area (Å²) in [4.78, 5) is 0. The molecule has 0 aliphatic heterocycles. The third-order valence-electron chi connectivity index (χ3n) is 8.42. The molecule has 1 aromatic heterocycles. The van der Waals surface area contributed by atoms with Gasteiger partial charge in [-0.1, -0.05) is 141 Å². The fraction of sp³-hybridized carbons (Fsp3) is 0.625. The van der Waals surface area contributed by atoms with Crippen LogP contribution in [0.1, 0.15) is 122 Å². The van der Waals surface area contributed by atoms with Crippen LogP contribution in [0.2, 0.25) is 0 Å².